The second kappa shape index (κ2) is 8.89. The van der Waals surface area contributed by atoms with E-state index in [1.807, 2.05) is 29.0 Å². The van der Waals surface area contributed by atoms with Crippen LogP contribution in [0.2, 0.25) is 0 Å². The Balaban J connectivity index is 1.95. The van der Waals surface area contributed by atoms with Crippen LogP contribution in [0.1, 0.15) is 38.5 Å². The minimum atomic E-state index is -0.967. The Labute approximate surface area is 147 Å². The van der Waals surface area contributed by atoms with Crippen LogP contribution in [-0.2, 0) is 12.0 Å². The molecule has 0 radical (unpaired) electrons. The average molecular weight is 350 g/mol. The van der Waals surface area contributed by atoms with Crippen molar-refractivity contribution in [3.63, 3.8) is 0 Å². The van der Waals surface area contributed by atoms with Gasteiger partial charge in [0.2, 0.25) is 0 Å². The fourth-order valence-electron chi connectivity index (χ4n) is 2.14. The highest BCUT2D eigenvalue weighted by Crippen LogP contribution is 2.23. The highest BCUT2D eigenvalue weighted by atomic mass is 32.1. The van der Waals surface area contributed by atoms with E-state index < -0.39 is 5.60 Å². The first kappa shape index (κ1) is 18.5. The van der Waals surface area contributed by atoms with Crippen LogP contribution in [-0.4, -0.2) is 30.2 Å². The number of furan rings is 1. The van der Waals surface area contributed by atoms with Crippen LogP contribution in [0.15, 0.2) is 44.6 Å². The maximum Gasteiger partial charge on any atom is 0.191 e. The Bertz CT molecular complexity index is 606. The van der Waals surface area contributed by atoms with Crippen LogP contribution in [0.5, 0.6) is 0 Å². The van der Waals surface area contributed by atoms with Gasteiger partial charge in [0.05, 0.1) is 12.8 Å². The SMILES string of the molecule is CCC(C)NC(=NCC(C)(O)c1ccsc1)NCCc1ccco1. The molecule has 0 bridgehead atoms. The van der Waals surface area contributed by atoms with Gasteiger partial charge >= 0.3 is 0 Å². The van der Waals surface area contributed by atoms with Crippen molar-refractivity contribution in [3.8, 4) is 0 Å². The van der Waals surface area contributed by atoms with Gasteiger partial charge in [-0.25, -0.2) is 4.99 Å². The molecule has 0 amide bonds. The molecule has 0 fully saturated rings. The number of hydrogen-bond acceptors (Lipinski definition) is 4. The third-order valence-corrected chi connectivity index (χ3v) is 4.61. The smallest absolute Gasteiger partial charge is 0.191 e. The molecule has 0 saturated carbocycles. The van der Waals surface area contributed by atoms with Gasteiger partial charge in [0.15, 0.2) is 5.96 Å². The summed E-state index contributed by atoms with van der Waals surface area (Å²) in [7, 11) is 0. The minimum absolute atomic E-state index is 0.302. The van der Waals surface area contributed by atoms with Gasteiger partial charge in [0, 0.05) is 19.0 Å². The molecule has 0 spiro atoms. The minimum Gasteiger partial charge on any atom is -0.469 e. The zero-order valence-electron chi connectivity index (χ0n) is 14.6. The van der Waals surface area contributed by atoms with E-state index in [2.05, 4.69) is 29.5 Å². The van der Waals surface area contributed by atoms with Gasteiger partial charge < -0.3 is 20.2 Å². The van der Waals surface area contributed by atoms with Crippen LogP contribution in [0.4, 0.5) is 0 Å². The van der Waals surface area contributed by atoms with E-state index in [1.165, 1.54) is 0 Å². The first-order valence-corrected chi connectivity index (χ1v) is 9.28. The highest BCUT2D eigenvalue weighted by Gasteiger charge is 2.23. The lowest BCUT2D eigenvalue weighted by atomic mass is 10.00. The monoisotopic (exact) mass is 349 g/mol. The zero-order valence-corrected chi connectivity index (χ0v) is 15.4. The van der Waals surface area contributed by atoms with E-state index in [4.69, 9.17) is 4.42 Å². The number of hydrogen-bond donors (Lipinski definition) is 3. The second-order valence-electron chi connectivity index (χ2n) is 6.16. The van der Waals surface area contributed by atoms with Crippen molar-refractivity contribution in [2.24, 2.45) is 4.99 Å². The molecule has 2 heterocycles. The molecule has 5 nitrogen and oxygen atoms in total. The van der Waals surface area contributed by atoms with Crippen LogP contribution in [0.3, 0.4) is 0 Å². The average Bonchev–Trinajstić information content (AvgIpc) is 3.25. The molecule has 6 heteroatoms. The van der Waals surface area contributed by atoms with Gasteiger partial charge in [-0.3, -0.25) is 0 Å². The van der Waals surface area contributed by atoms with E-state index in [1.54, 1.807) is 24.5 Å². The van der Waals surface area contributed by atoms with E-state index in [0.29, 0.717) is 18.5 Å². The first-order valence-electron chi connectivity index (χ1n) is 8.33. The van der Waals surface area contributed by atoms with Gasteiger partial charge in [0.1, 0.15) is 11.4 Å². The highest BCUT2D eigenvalue weighted by molar-refractivity contribution is 7.08. The van der Waals surface area contributed by atoms with Gasteiger partial charge in [0.25, 0.3) is 0 Å². The zero-order chi connectivity index (χ0) is 17.4. The van der Waals surface area contributed by atoms with E-state index in [-0.39, 0.29) is 0 Å². The van der Waals surface area contributed by atoms with E-state index in [9.17, 15) is 5.11 Å². The van der Waals surface area contributed by atoms with E-state index in [0.717, 1.165) is 30.7 Å². The van der Waals surface area contributed by atoms with Crippen LogP contribution in [0.25, 0.3) is 0 Å². The summed E-state index contributed by atoms with van der Waals surface area (Å²) in [6, 6.07) is 6.10. The van der Waals surface area contributed by atoms with Crippen molar-refractivity contribution < 1.29 is 9.52 Å². The van der Waals surface area contributed by atoms with Crippen molar-refractivity contribution in [2.45, 2.75) is 45.3 Å². The number of nitrogens with zero attached hydrogens (tertiary/aromatic N) is 1. The quantitative estimate of drug-likeness (QED) is 0.506. The van der Waals surface area contributed by atoms with E-state index >= 15 is 0 Å². The number of aliphatic hydroxyl groups is 1. The Kier molecular flexibility index (Phi) is 6.87. The molecule has 3 N–H and O–H groups in total. The van der Waals surface area contributed by atoms with Crippen molar-refractivity contribution in [2.75, 3.05) is 13.1 Å². The van der Waals surface area contributed by atoms with Crippen LogP contribution < -0.4 is 10.6 Å². The number of guanidine groups is 1. The van der Waals surface area contributed by atoms with Crippen molar-refractivity contribution in [1.29, 1.82) is 0 Å². The lowest BCUT2D eigenvalue weighted by molar-refractivity contribution is 0.0677. The fourth-order valence-corrected chi connectivity index (χ4v) is 2.92. The molecule has 0 aliphatic carbocycles. The Morgan fingerprint density at radius 1 is 1.46 bits per heavy atom. The standard InChI is InChI=1S/C18H27N3O2S/c1-4-14(2)21-17(19-9-7-16-6-5-10-23-16)20-13-18(3,22)15-8-11-24-12-15/h5-6,8,10-12,14,22H,4,7,9,13H2,1-3H3,(H2,19,20,21). The summed E-state index contributed by atoms with van der Waals surface area (Å²) in [4.78, 5) is 4.58. The molecule has 2 aromatic heterocycles. The van der Waals surface area contributed by atoms with Crippen molar-refractivity contribution >= 4 is 17.3 Å². The Morgan fingerprint density at radius 3 is 2.92 bits per heavy atom. The number of thiophene rings is 1. The maximum absolute atomic E-state index is 10.6. The molecule has 0 saturated heterocycles. The largest absolute Gasteiger partial charge is 0.469 e. The van der Waals surface area contributed by atoms with Crippen molar-refractivity contribution in [3.05, 3.63) is 46.5 Å². The number of aliphatic imine (C=N–C) groups is 1. The topological polar surface area (TPSA) is 69.8 Å². The molecule has 0 aliphatic rings. The molecular formula is C18H27N3O2S. The molecule has 0 aliphatic heterocycles. The molecule has 24 heavy (non-hydrogen) atoms. The molecule has 2 unspecified atom stereocenters. The maximum atomic E-state index is 10.6. The summed E-state index contributed by atoms with van der Waals surface area (Å²) in [6.45, 7) is 7.05. The summed E-state index contributed by atoms with van der Waals surface area (Å²) in [5, 5.41) is 21.2. The Morgan fingerprint density at radius 2 is 2.29 bits per heavy atom. The van der Waals surface area contributed by atoms with Gasteiger partial charge in [-0.05, 0) is 54.8 Å². The molecule has 2 rings (SSSR count). The number of rotatable bonds is 8. The van der Waals surface area contributed by atoms with Crippen LogP contribution in [0, 0.1) is 0 Å². The lowest BCUT2D eigenvalue weighted by Gasteiger charge is -2.22. The molecular weight excluding hydrogens is 322 g/mol. The molecule has 0 aromatic carbocycles. The second-order valence-corrected chi connectivity index (χ2v) is 6.94. The van der Waals surface area contributed by atoms with Crippen LogP contribution >= 0.6 is 11.3 Å². The summed E-state index contributed by atoms with van der Waals surface area (Å²) in [5.74, 6) is 1.65. The summed E-state index contributed by atoms with van der Waals surface area (Å²) in [5.41, 5.74) is -0.0693. The van der Waals surface area contributed by atoms with Crippen molar-refractivity contribution in [1.82, 2.24) is 10.6 Å². The summed E-state index contributed by atoms with van der Waals surface area (Å²) in [6.07, 6.45) is 3.47. The van der Waals surface area contributed by atoms with Gasteiger partial charge in [-0.1, -0.05) is 6.92 Å². The third-order valence-electron chi connectivity index (χ3n) is 3.93. The first-order chi connectivity index (χ1) is 11.5. The Hall–Kier alpha value is -1.79. The molecule has 132 valence electrons. The van der Waals surface area contributed by atoms with Gasteiger partial charge in [-0.15, -0.1) is 0 Å². The molecule has 2 aromatic rings. The predicted molar refractivity (Wildman–Crippen MR) is 99.5 cm³/mol. The molecule has 2 atom stereocenters. The summed E-state index contributed by atoms with van der Waals surface area (Å²) >= 11 is 1.58. The predicted octanol–water partition coefficient (Wildman–Crippen LogP) is 3.13. The normalized spacial score (nSPS) is 15.8. The fraction of sp³-hybridized carbons (Fsp3) is 0.500. The lowest BCUT2D eigenvalue weighted by Crippen LogP contribution is -2.43. The number of nitrogens with one attached hydrogen (secondary N) is 2. The third kappa shape index (κ3) is 5.69. The summed E-state index contributed by atoms with van der Waals surface area (Å²) < 4.78 is 5.34. The van der Waals surface area contributed by atoms with Gasteiger partial charge in [-0.2, -0.15) is 11.3 Å².